The number of methoxy groups -OCH3 is 1. The van der Waals surface area contributed by atoms with E-state index in [4.69, 9.17) is 9.94 Å². The molecule has 0 heterocycles. The highest BCUT2D eigenvalue weighted by molar-refractivity contribution is 5.61. The van der Waals surface area contributed by atoms with Gasteiger partial charge in [-0.15, -0.1) is 5.16 Å². The first-order chi connectivity index (χ1) is 5.36. The Morgan fingerprint density at radius 3 is 3.18 bits per heavy atom. The number of hydrogen-bond acceptors (Lipinski definition) is 3. The number of nitrogens with zero attached hydrogens (tertiary/aromatic N) is 1. The van der Waals surface area contributed by atoms with Gasteiger partial charge in [-0.05, 0) is 25.7 Å². The minimum atomic E-state index is 0.290. The van der Waals surface area contributed by atoms with Crippen LogP contribution in [0.2, 0.25) is 0 Å². The van der Waals surface area contributed by atoms with Crippen LogP contribution >= 0.6 is 0 Å². The Kier molecular flexibility index (Phi) is 3.36. The molecule has 1 saturated carbocycles. The van der Waals surface area contributed by atoms with Crippen LogP contribution in [0.1, 0.15) is 19.3 Å². The molecule has 11 heavy (non-hydrogen) atoms. The maximum Gasteiger partial charge on any atom is 0.0577 e. The molecule has 2 atom stereocenters. The van der Waals surface area contributed by atoms with Crippen LogP contribution in [0, 0.1) is 12.3 Å². The van der Waals surface area contributed by atoms with Crippen molar-refractivity contribution in [3.63, 3.8) is 0 Å². The van der Waals surface area contributed by atoms with Crippen LogP contribution < -0.4 is 0 Å². The molecule has 0 aromatic carbocycles. The minimum Gasteiger partial charge on any atom is -0.411 e. The third-order valence-corrected chi connectivity index (χ3v) is 2.08. The number of rotatable bonds is 2. The van der Waals surface area contributed by atoms with Crippen molar-refractivity contribution in [1.29, 1.82) is 0 Å². The molecule has 1 N–H and O–H groups in total. The van der Waals surface area contributed by atoms with Gasteiger partial charge in [-0.25, -0.2) is 0 Å². The monoisotopic (exact) mass is 156 g/mol. The molecule has 1 fully saturated rings. The Labute approximate surface area is 67.0 Å². The van der Waals surface area contributed by atoms with E-state index in [-0.39, 0.29) is 0 Å². The molecule has 0 bridgehead atoms. The summed E-state index contributed by atoms with van der Waals surface area (Å²) in [6, 6.07) is 0. The fourth-order valence-corrected chi connectivity index (χ4v) is 1.44. The van der Waals surface area contributed by atoms with E-state index in [1.54, 1.807) is 13.3 Å². The maximum atomic E-state index is 8.29. The highest BCUT2D eigenvalue weighted by Gasteiger charge is 2.20. The molecule has 1 aliphatic carbocycles. The summed E-state index contributed by atoms with van der Waals surface area (Å²) < 4.78 is 5.20. The summed E-state index contributed by atoms with van der Waals surface area (Å²) in [6.45, 7) is 0. The molecule has 0 amide bonds. The van der Waals surface area contributed by atoms with Crippen LogP contribution in [0.3, 0.4) is 0 Å². The lowest BCUT2D eigenvalue weighted by Gasteiger charge is -2.24. The van der Waals surface area contributed by atoms with Gasteiger partial charge >= 0.3 is 0 Å². The molecule has 63 valence electrons. The van der Waals surface area contributed by atoms with E-state index in [2.05, 4.69) is 11.6 Å². The Bertz CT molecular complexity index is 136. The fraction of sp³-hybridized carbons (Fsp3) is 0.750. The van der Waals surface area contributed by atoms with Gasteiger partial charge in [0.25, 0.3) is 0 Å². The third kappa shape index (κ3) is 2.50. The smallest absolute Gasteiger partial charge is 0.0577 e. The number of ether oxygens (including phenoxy) is 1. The first kappa shape index (κ1) is 8.53. The first-order valence-electron chi connectivity index (χ1n) is 3.90. The minimum absolute atomic E-state index is 0.290. The Hall–Kier alpha value is -0.570. The predicted molar refractivity (Wildman–Crippen MR) is 42.7 cm³/mol. The van der Waals surface area contributed by atoms with Crippen molar-refractivity contribution in [3.05, 3.63) is 6.42 Å². The second-order valence-corrected chi connectivity index (χ2v) is 2.83. The van der Waals surface area contributed by atoms with Crippen molar-refractivity contribution >= 4 is 6.21 Å². The van der Waals surface area contributed by atoms with E-state index in [0.29, 0.717) is 12.0 Å². The van der Waals surface area contributed by atoms with Crippen LogP contribution in [-0.4, -0.2) is 24.6 Å². The van der Waals surface area contributed by atoms with Gasteiger partial charge in [0, 0.05) is 19.2 Å². The van der Waals surface area contributed by atoms with Gasteiger partial charge in [0.2, 0.25) is 0 Å². The van der Waals surface area contributed by atoms with Crippen LogP contribution in [0.4, 0.5) is 0 Å². The molecular formula is C8H14NO2. The average molecular weight is 156 g/mol. The Balaban J connectivity index is 2.33. The third-order valence-electron chi connectivity index (χ3n) is 2.08. The molecule has 1 aliphatic rings. The van der Waals surface area contributed by atoms with Gasteiger partial charge in [0.1, 0.15) is 0 Å². The molecule has 0 spiro atoms. The lowest BCUT2D eigenvalue weighted by molar-refractivity contribution is 0.0726. The molecule has 2 unspecified atom stereocenters. The molecule has 0 aliphatic heterocycles. The summed E-state index contributed by atoms with van der Waals surface area (Å²) in [7, 11) is 1.73. The van der Waals surface area contributed by atoms with Gasteiger partial charge in [-0.1, -0.05) is 0 Å². The van der Waals surface area contributed by atoms with Crippen molar-refractivity contribution in [2.75, 3.05) is 7.11 Å². The van der Waals surface area contributed by atoms with Gasteiger partial charge in [-0.3, -0.25) is 0 Å². The number of oxime groups is 1. The summed E-state index contributed by atoms with van der Waals surface area (Å²) in [4.78, 5) is 0. The quantitative estimate of drug-likeness (QED) is 0.373. The highest BCUT2D eigenvalue weighted by Crippen LogP contribution is 2.23. The van der Waals surface area contributed by atoms with E-state index < -0.39 is 0 Å². The Morgan fingerprint density at radius 1 is 1.73 bits per heavy atom. The van der Waals surface area contributed by atoms with Crippen molar-refractivity contribution in [3.8, 4) is 0 Å². The topological polar surface area (TPSA) is 41.8 Å². The van der Waals surface area contributed by atoms with Gasteiger partial charge in [0.15, 0.2) is 0 Å². The average Bonchev–Trinajstić information content (AvgIpc) is 2.06. The molecule has 0 saturated heterocycles. The maximum absolute atomic E-state index is 8.29. The van der Waals surface area contributed by atoms with Crippen LogP contribution in [0.25, 0.3) is 0 Å². The molecule has 1 radical (unpaired) electrons. The van der Waals surface area contributed by atoms with Gasteiger partial charge < -0.3 is 9.94 Å². The van der Waals surface area contributed by atoms with Gasteiger partial charge in [-0.2, -0.15) is 0 Å². The van der Waals surface area contributed by atoms with E-state index in [9.17, 15) is 0 Å². The summed E-state index contributed by atoms with van der Waals surface area (Å²) >= 11 is 0. The zero-order chi connectivity index (χ0) is 8.10. The molecule has 3 heteroatoms. The SMILES string of the molecule is COC1CC[CH]C(/C=N\O)C1. The van der Waals surface area contributed by atoms with Crippen molar-refractivity contribution in [2.24, 2.45) is 11.1 Å². The highest BCUT2D eigenvalue weighted by atomic mass is 16.5. The van der Waals surface area contributed by atoms with Crippen molar-refractivity contribution in [1.82, 2.24) is 0 Å². The molecule has 3 nitrogen and oxygen atoms in total. The van der Waals surface area contributed by atoms with E-state index in [1.165, 1.54) is 0 Å². The zero-order valence-electron chi connectivity index (χ0n) is 6.73. The molecule has 1 rings (SSSR count). The first-order valence-corrected chi connectivity index (χ1v) is 3.90. The second kappa shape index (κ2) is 4.34. The predicted octanol–water partition coefficient (Wildman–Crippen LogP) is 1.47. The molecule has 0 aromatic rings. The van der Waals surface area contributed by atoms with E-state index >= 15 is 0 Å². The Morgan fingerprint density at radius 2 is 2.55 bits per heavy atom. The van der Waals surface area contributed by atoms with Gasteiger partial charge in [0.05, 0.1) is 6.10 Å². The summed E-state index contributed by atoms with van der Waals surface area (Å²) in [5, 5.41) is 11.3. The van der Waals surface area contributed by atoms with Crippen LogP contribution in [-0.2, 0) is 4.74 Å². The number of hydrogen-bond donors (Lipinski definition) is 1. The molecule has 0 aromatic heterocycles. The van der Waals surface area contributed by atoms with Crippen LogP contribution in [0.5, 0.6) is 0 Å². The van der Waals surface area contributed by atoms with Crippen LogP contribution in [0.15, 0.2) is 5.16 Å². The second-order valence-electron chi connectivity index (χ2n) is 2.83. The van der Waals surface area contributed by atoms with E-state index in [0.717, 1.165) is 19.3 Å². The summed E-state index contributed by atoms with van der Waals surface area (Å²) in [5.74, 6) is 0.290. The van der Waals surface area contributed by atoms with E-state index in [1.807, 2.05) is 0 Å². The van der Waals surface area contributed by atoms with Crippen molar-refractivity contribution < 1.29 is 9.94 Å². The fourth-order valence-electron chi connectivity index (χ4n) is 1.44. The van der Waals surface area contributed by atoms with Crippen molar-refractivity contribution in [2.45, 2.75) is 25.4 Å². The standard InChI is InChI=1S/C8H14NO2/c1-11-8-4-2-3-7(5-8)6-9-10/h3,6-8,10H,2,4-5H2,1H3/b9-6-. The normalized spacial score (nSPS) is 32.8. The lowest BCUT2D eigenvalue weighted by atomic mass is 9.88. The zero-order valence-corrected chi connectivity index (χ0v) is 6.73. The lowest BCUT2D eigenvalue weighted by Crippen LogP contribution is -2.22. The summed E-state index contributed by atoms with van der Waals surface area (Å²) in [6.07, 6.45) is 7.14. The molecular weight excluding hydrogens is 142 g/mol. The summed E-state index contributed by atoms with van der Waals surface area (Å²) in [5.41, 5.74) is 0. The largest absolute Gasteiger partial charge is 0.411 e.